The Kier molecular flexibility index (Phi) is 7.10. The van der Waals surface area contributed by atoms with Gasteiger partial charge in [0.25, 0.3) is 5.91 Å². The molecule has 164 valence electrons. The molecule has 3 rings (SSSR count). The predicted molar refractivity (Wildman–Crippen MR) is 121 cm³/mol. The molecule has 0 radical (unpaired) electrons. The zero-order valence-electron chi connectivity index (χ0n) is 18.9. The monoisotopic (exact) mass is 432 g/mol. The predicted octanol–water partition coefficient (Wildman–Crippen LogP) is 0.0650. The number of carbonyl (C=O) groups excluding carboxylic acids is 1. The third kappa shape index (κ3) is 5.56. The number of hydrogen-bond donors (Lipinski definition) is 3. The molecule has 0 bridgehead atoms. The fraction of sp³-hybridized carbons (Fsp3) is 0.591. The minimum absolute atomic E-state index is 0.132. The molecule has 0 unspecified atom stereocenters. The summed E-state index contributed by atoms with van der Waals surface area (Å²) in [6.07, 6.45) is 0. The minimum atomic E-state index is -0.174. The molecular formula is C22H36N6OS+2. The summed E-state index contributed by atoms with van der Waals surface area (Å²) < 4.78 is 4.88. The molecule has 1 aliphatic rings. The van der Waals surface area contributed by atoms with Crippen molar-refractivity contribution in [3.63, 3.8) is 0 Å². The van der Waals surface area contributed by atoms with E-state index >= 15 is 0 Å². The number of piperazine rings is 1. The first-order valence-electron chi connectivity index (χ1n) is 10.9. The largest absolute Gasteiger partial charge is 0.347 e. The van der Waals surface area contributed by atoms with E-state index in [0.29, 0.717) is 6.54 Å². The van der Waals surface area contributed by atoms with Crippen LogP contribution in [0.4, 0.5) is 0 Å². The number of hydrogen-bond acceptors (Lipinski definition) is 3. The van der Waals surface area contributed by atoms with Gasteiger partial charge in [-0.05, 0) is 52.4 Å². The molecule has 0 aliphatic carbocycles. The maximum Gasteiger partial charge on any atom is 0.275 e. The second kappa shape index (κ2) is 9.41. The highest BCUT2D eigenvalue weighted by atomic mass is 32.1. The summed E-state index contributed by atoms with van der Waals surface area (Å²) in [5.41, 5.74) is 2.17. The van der Waals surface area contributed by atoms with Crippen LogP contribution in [0, 0.1) is 11.7 Å². The van der Waals surface area contributed by atoms with E-state index in [1.54, 1.807) is 0 Å². The van der Waals surface area contributed by atoms with Gasteiger partial charge in [-0.25, -0.2) is 0 Å². The Bertz CT molecular complexity index is 934. The van der Waals surface area contributed by atoms with Crippen LogP contribution in [0.3, 0.4) is 0 Å². The topological polar surface area (TPSA) is 60.7 Å². The highest BCUT2D eigenvalue weighted by Gasteiger charge is 2.27. The van der Waals surface area contributed by atoms with E-state index in [1.165, 1.54) is 15.4 Å². The lowest BCUT2D eigenvalue weighted by atomic mass is 10.1. The summed E-state index contributed by atoms with van der Waals surface area (Å²) in [5, 5.41) is 7.96. The van der Waals surface area contributed by atoms with Crippen molar-refractivity contribution in [2.24, 2.45) is 0 Å². The van der Waals surface area contributed by atoms with Gasteiger partial charge in [0, 0.05) is 17.6 Å². The van der Waals surface area contributed by atoms with Crippen LogP contribution < -0.4 is 15.1 Å². The van der Waals surface area contributed by atoms with Crippen molar-refractivity contribution in [2.45, 2.75) is 53.4 Å². The van der Waals surface area contributed by atoms with E-state index in [0.717, 1.165) is 55.6 Å². The zero-order chi connectivity index (χ0) is 21.9. The van der Waals surface area contributed by atoms with Gasteiger partial charge < -0.3 is 19.7 Å². The van der Waals surface area contributed by atoms with Crippen LogP contribution in [0.1, 0.15) is 33.3 Å². The van der Waals surface area contributed by atoms with Crippen LogP contribution in [-0.2, 0) is 18.0 Å². The van der Waals surface area contributed by atoms with E-state index in [9.17, 15) is 4.79 Å². The Hall–Kier alpha value is -2.03. The van der Waals surface area contributed by atoms with Crippen LogP contribution in [0.15, 0.2) is 24.3 Å². The molecule has 7 nitrogen and oxygen atoms in total. The SMILES string of the molecule is CCn1c(-c2ccccc2C)nn(C[NH+]2CC[NH+](CC(=O)NC(C)(C)C)CC2)c1=S. The van der Waals surface area contributed by atoms with Gasteiger partial charge in [-0.3, -0.25) is 4.79 Å². The molecule has 0 saturated carbocycles. The normalized spacial score (nSPS) is 19.6. The van der Waals surface area contributed by atoms with Crippen LogP contribution in [0.25, 0.3) is 11.4 Å². The molecule has 1 aromatic carbocycles. The molecule has 1 aromatic heterocycles. The molecule has 1 amide bonds. The van der Waals surface area contributed by atoms with Crippen molar-refractivity contribution in [1.29, 1.82) is 0 Å². The fourth-order valence-corrected chi connectivity index (χ4v) is 4.37. The average molecular weight is 433 g/mol. The number of nitrogens with one attached hydrogen (secondary N) is 3. The molecular weight excluding hydrogens is 396 g/mol. The van der Waals surface area contributed by atoms with Crippen LogP contribution in [0.2, 0.25) is 0 Å². The Morgan fingerprint density at radius 3 is 2.40 bits per heavy atom. The highest BCUT2D eigenvalue weighted by Crippen LogP contribution is 2.21. The summed E-state index contributed by atoms with van der Waals surface area (Å²) in [6.45, 7) is 16.4. The van der Waals surface area contributed by atoms with Gasteiger partial charge >= 0.3 is 0 Å². The van der Waals surface area contributed by atoms with Crippen LogP contribution >= 0.6 is 12.2 Å². The van der Waals surface area contributed by atoms with Crippen molar-refractivity contribution in [3.05, 3.63) is 34.6 Å². The Balaban J connectivity index is 1.64. The van der Waals surface area contributed by atoms with Crippen molar-refractivity contribution in [3.8, 4) is 11.4 Å². The zero-order valence-corrected chi connectivity index (χ0v) is 19.7. The van der Waals surface area contributed by atoms with E-state index in [1.807, 2.05) is 31.5 Å². The van der Waals surface area contributed by atoms with Gasteiger partial charge in [-0.15, -0.1) is 5.10 Å². The first kappa shape index (κ1) is 22.7. The van der Waals surface area contributed by atoms with E-state index in [2.05, 4.69) is 41.9 Å². The number of carbonyl (C=O) groups is 1. The number of aromatic nitrogens is 3. The van der Waals surface area contributed by atoms with E-state index in [-0.39, 0.29) is 11.4 Å². The van der Waals surface area contributed by atoms with Gasteiger partial charge in [-0.1, -0.05) is 24.3 Å². The summed E-state index contributed by atoms with van der Waals surface area (Å²) in [6, 6.07) is 8.32. The molecule has 1 aliphatic heterocycles. The summed E-state index contributed by atoms with van der Waals surface area (Å²) >= 11 is 5.75. The van der Waals surface area contributed by atoms with Gasteiger partial charge in [0.1, 0.15) is 26.2 Å². The summed E-state index contributed by atoms with van der Waals surface area (Å²) in [7, 11) is 0. The molecule has 0 atom stereocenters. The lowest BCUT2D eigenvalue weighted by Gasteiger charge is -2.30. The standard InChI is InChI=1S/C22H34N6OS/c1-6-27-20(18-10-8-7-9-17(18)2)24-28(21(27)30)16-26-13-11-25(12-14-26)15-19(29)23-22(3,4)5/h7-10H,6,11-16H2,1-5H3,(H,23,29)/p+2. The molecule has 0 spiro atoms. The molecule has 1 fully saturated rings. The maximum absolute atomic E-state index is 12.2. The van der Waals surface area contributed by atoms with Crippen molar-refractivity contribution < 1.29 is 14.6 Å². The number of nitrogens with zero attached hydrogens (tertiary/aromatic N) is 3. The van der Waals surface area contributed by atoms with Gasteiger partial charge in [0.2, 0.25) is 4.77 Å². The third-order valence-corrected chi connectivity index (χ3v) is 6.02. The Morgan fingerprint density at radius 2 is 1.80 bits per heavy atom. The minimum Gasteiger partial charge on any atom is -0.347 e. The number of benzene rings is 1. The van der Waals surface area contributed by atoms with Crippen molar-refractivity contribution in [2.75, 3.05) is 32.7 Å². The molecule has 3 N–H and O–H groups in total. The second-order valence-electron chi connectivity index (χ2n) is 9.30. The van der Waals surface area contributed by atoms with Gasteiger partial charge in [-0.2, -0.15) is 4.68 Å². The molecule has 8 heteroatoms. The molecule has 2 aromatic rings. The van der Waals surface area contributed by atoms with Gasteiger partial charge in [0.05, 0.1) is 0 Å². The number of aryl methyl sites for hydroxylation is 1. The maximum atomic E-state index is 12.2. The van der Waals surface area contributed by atoms with E-state index < -0.39 is 0 Å². The number of rotatable bonds is 6. The summed E-state index contributed by atoms with van der Waals surface area (Å²) in [5.74, 6) is 1.08. The number of quaternary nitrogens is 2. The van der Waals surface area contributed by atoms with Crippen LogP contribution in [-0.4, -0.2) is 58.5 Å². The van der Waals surface area contributed by atoms with Crippen LogP contribution in [0.5, 0.6) is 0 Å². The lowest BCUT2D eigenvalue weighted by molar-refractivity contribution is -1.02. The first-order valence-corrected chi connectivity index (χ1v) is 11.3. The van der Waals surface area contributed by atoms with Crippen molar-refractivity contribution in [1.82, 2.24) is 19.7 Å². The molecule has 2 heterocycles. The quantitative estimate of drug-likeness (QED) is 0.566. The number of amides is 1. The smallest absolute Gasteiger partial charge is 0.275 e. The summed E-state index contributed by atoms with van der Waals surface area (Å²) in [4.78, 5) is 15.0. The third-order valence-electron chi connectivity index (χ3n) is 5.59. The Morgan fingerprint density at radius 1 is 1.17 bits per heavy atom. The second-order valence-corrected chi connectivity index (χ2v) is 9.66. The van der Waals surface area contributed by atoms with Crippen molar-refractivity contribution >= 4 is 18.1 Å². The fourth-order valence-electron chi connectivity index (χ4n) is 4.05. The Labute approximate surface area is 184 Å². The molecule has 1 saturated heterocycles. The first-order chi connectivity index (χ1) is 14.2. The van der Waals surface area contributed by atoms with Gasteiger partial charge in [0.15, 0.2) is 19.0 Å². The highest BCUT2D eigenvalue weighted by molar-refractivity contribution is 7.71. The molecule has 30 heavy (non-hydrogen) atoms. The lowest BCUT2D eigenvalue weighted by Crippen LogP contribution is -3.28. The average Bonchev–Trinajstić information content (AvgIpc) is 2.97. The van der Waals surface area contributed by atoms with E-state index in [4.69, 9.17) is 17.3 Å².